The van der Waals surface area contributed by atoms with Gasteiger partial charge < -0.3 is 19.5 Å². The van der Waals surface area contributed by atoms with Gasteiger partial charge in [-0.1, -0.05) is 115 Å². The normalized spacial score (nSPS) is 11.3. The number of hydrogen-bond donors (Lipinski definition) is 2. The average molecular weight is 723 g/mol. The van der Waals surface area contributed by atoms with Crippen LogP contribution in [-0.4, -0.2) is 23.2 Å². The summed E-state index contributed by atoms with van der Waals surface area (Å²) in [6, 6.07) is 53.9. The molecule has 0 aliphatic carbocycles. The van der Waals surface area contributed by atoms with Crippen LogP contribution in [0.2, 0.25) is 0 Å². The summed E-state index contributed by atoms with van der Waals surface area (Å²) in [6.07, 6.45) is -0.517. The van der Waals surface area contributed by atoms with Crippen molar-refractivity contribution in [1.82, 2.24) is 9.97 Å². The van der Waals surface area contributed by atoms with Crippen molar-refractivity contribution >= 4 is 39.3 Å². The highest BCUT2D eigenvalue weighted by molar-refractivity contribution is 6.00. The molecule has 2 aliphatic rings. The fraction of sp³-hybridized carbons (Fsp3) is 0.0851. The molecule has 8 heteroatoms. The Morgan fingerprint density at radius 2 is 1.24 bits per heavy atom. The Morgan fingerprint density at radius 3 is 1.95 bits per heavy atom. The minimum Gasteiger partial charge on any atom is -0.497 e. The van der Waals surface area contributed by atoms with Crippen LogP contribution in [0.15, 0.2) is 164 Å². The van der Waals surface area contributed by atoms with E-state index in [1.54, 1.807) is 7.11 Å². The van der Waals surface area contributed by atoms with Crippen LogP contribution in [0.4, 0.5) is 16.2 Å². The second-order valence-electron chi connectivity index (χ2n) is 13.0. The standard InChI is InChI=1S/C24H20N2O3.C23H18N2O/c1-28-19-12-13-20-22(14-19)25-21(18-10-6-3-7-11-18)15-23(20)26-24(27)29-16-17-8-4-2-5-9-17;1-2-4-16(5-3-1)14-24-22-13-21-18-8-6-17(7-9-18)15-26-19-10-11-20(22)23(12-19)25-21/h2-15H,16H2,1H3,(H,25,26,27);1-13H,14-15H2,(H,24,25). The van der Waals surface area contributed by atoms with Crippen LogP contribution in [0.1, 0.15) is 16.7 Å². The van der Waals surface area contributed by atoms with Crippen LogP contribution in [0.3, 0.4) is 0 Å². The van der Waals surface area contributed by atoms with Gasteiger partial charge in [0.1, 0.15) is 24.7 Å². The lowest BCUT2D eigenvalue weighted by molar-refractivity contribution is 0.155. The first-order valence-electron chi connectivity index (χ1n) is 18.0. The first-order chi connectivity index (χ1) is 27.1. The molecule has 8 aromatic rings. The molecular weight excluding hydrogens is 685 g/mol. The highest BCUT2D eigenvalue weighted by Crippen LogP contribution is 2.33. The molecule has 10 rings (SSSR count). The van der Waals surface area contributed by atoms with Crippen molar-refractivity contribution in [2.45, 2.75) is 19.8 Å². The molecule has 2 aromatic heterocycles. The molecule has 0 saturated heterocycles. The van der Waals surface area contributed by atoms with Crippen molar-refractivity contribution in [2.24, 2.45) is 0 Å². The van der Waals surface area contributed by atoms with Gasteiger partial charge in [0, 0.05) is 46.3 Å². The van der Waals surface area contributed by atoms with Crippen LogP contribution >= 0.6 is 0 Å². The largest absolute Gasteiger partial charge is 0.497 e. The number of pyridine rings is 2. The Kier molecular flexibility index (Phi) is 10.3. The van der Waals surface area contributed by atoms with Gasteiger partial charge in [0.2, 0.25) is 0 Å². The number of ether oxygens (including phenoxy) is 3. The molecule has 1 amide bonds. The molecule has 0 unspecified atom stereocenters. The zero-order valence-electron chi connectivity index (χ0n) is 30.2. The quantitative estimate of drug-likeness (QED) is 0.161. The van der Waals surface area contributed by atoms with Gasteiger partial charge in [-0.25, -0.2) is 14.8 Å². The van der Waals surface area contributed by atoms with Crippen LogP contribution < -0.4 is 20.1 Å². The summed E-state index contributed by atoms with van der Waals surface area (Å²) in [5.74, 6) is 1.55. The second kappa shape index (κ2) is 16.2. The lowest BCUT2D eigenvalue weighted by Gasteiger charge is -2.13. The number of aromatic nitrogens is 2. The Hall–Kier alpha value is -7.19. The molecular formula is C47H38N4O4. The van der Waals surface area contributed by atoms with E-state index >= 15 is 0 Å². The predicted molar refractivity (Wildman–Crippen MR) is 219 cm³/mol. The third-order valence-electron chi connectivity index (χ3n) is 9.30. The van der Waals surface area contributed by atoms with Crippen molar-refractivity contribution in [3.63, 3.8) is 0 Å². The lowest BCUT2D eigenvalue weighted by Crippen LogP contribution is -2.14. The van der Waals surface area contributed by atoms with E-state index in [0.717, 1.165) is 73.4 Å². The second-order valence-corrected chi connectivity index (χ2v) is 13.0. The maximum Gasteiger partial charge on any atom is 0.411 e. The van der Waals surface area contributed by atoms with E-state index in [2.05, 4.69) is 71.3 Å². The summed E-state index contributed by atoms with van der Waals surface area (Å²) in [4.78, 5) is 22.0. The molecule has 6 aromatic carbocycles. The molecule has 4 heterocycles. The first-order valence-corrected chi connectivity index (χ1v) is 18.0. The van der Waals surface area contributed by atoms with E-state index in [4.69, 9.17) is 24.2 Å². The lowest BCUT2D eigenvalue weighted by atomic mass is 10.1. The number of amides is 1. The maximum absolute atomic E-state index is 12.4. The molecule has 0 atom stereocenters. The first kappa shape index (κ1) is 34.9. The molecule has 5 bridgehead atoms. The summed E-state index contributed by atoms with van der Waals surface area (Å²) in [5.41, 5.74) is 10.5. The Balaban J connectivity index is 0.000000156. The maximum atomic E-state index is 12.4. The van der Waals surface area contributed by atoms with E-state index in [1.807, 2.05) is 103 Å². The van der Waals surface area contributed by atoms with Gasteiger partial charge in [0.05, 0.1) is 35.2 Å². The number of nitrogens with zero attached hydrogens (tertiary/aromatic N) is 2. The van der Waals surface area contributed by atoms with E-state index < -0.39 is 6.09 Å². The minimum atomic E-state index is -0.517. The minimum absolute atomic E-state index is 0.203. The topological polar surface area (TPSA) is 94.6 Å². The van der Waals surface area contributed by atoms with Gasteiger partial charge >= 0.3 is 6.09 Å². The van der Waals surface area contributed by atoms with Crippen molar-refractivity contribution in [1.29, 1.82) is 0 Å². The number of carbonyl (C=O) groups is 1. The van der Waals surface area contributed by atoms with Gasteiger partial charge in [0.15, 0.2) is 0 Å². The summed E-state index contributed by atoms with van der Waals surface area (Å²) in [5, 5.41) is 8.36. The molecule has 0 saturated carbocycles. The summed E-state index contributed by atoms with van der Waals surface area (Å²) in [7, 11) is 1.61. The number of methoxy groups -OCH3 is 1. The van der Waals surface area contributed by atoms with Crippen molar-refractivity contribution in [3.8, 4) is 34.0 Å². The van der Waals surface area contributed by atoms with Crippen LogP contribution in [-0.2, 0) is 24.5 Å². The molecule has 8 nitrogen and oxygen atoms in total. The highest BCUT2D eigenvalue weighted by atomic mass is 16.5. The smallest absolute Gasteiger partial charge is 0.411 e. The van der Waals surface area contributed by atoms with Crippen molar-refractivity contribution in [3.05, 3.63) is 180 Å². The summed E-state index contributed by atoms with van der Waals surface area (Å²) < 4.78 is 16.6. The fourth-order valence-electron chi connectivity index (χ4n) is 6.39. The molecule has 270 valence electrons. The monoisotopic (exact) mass is 722 g/mol. The van der Waals surface area contributed by atoms with E-state index in [0.29, 0.717) is 18.0 Å². The van der Waals surface area contributed by atoms with Gasteiger partial charge in [0.25, 0.3) is 0 Å². The number of anilines is 2. The van der Waals surface area contributed by atoms with E-state index in [1.165, 1.54) is 5.56 Å². The van der Waals surface area contributed by atoms with Gasteiger partial charge in [-0.3, -0.25) is 5.32 Å². The Bertz CT molecular complexity index is 2560. The van der Waals surface area contributed by atoms with Gasteiger partial charge in [-0.2, -0.15) is 0 Å². The van der Waals surface area contributed by atoms with Gasteiger partial charge in [-0.15, -0.1) is 0 Å². The zero-order chi connectivity index (χ0) is 37.4. The number of benzene rings is 6. The molecule has 55 heavy (non-hydrogen) atoms. The zero-order valence-corrected chi connectivity index (χ0v) is 30.2. The molecule has 2 aliphatic heterocycles. The number of fused-ring (bicyclic) bond motifs is 4. The Morgan fingerprint density at radius 1 is 0.636 bits per heavy atom. The number of carbonyl (C=O) groups excluding carboxylic acids is 1. The van der Waals surface area contributed by atoms with E-state index in [-0.39, 0.29) is 6.61 Å². The van der Waals surface area contributed by atoms with Crippen molar-refractivity contribution in [2.75, 3.05) is 17.7 Å². The molecule has 2 N–H and O–H groups in total. The molecule has 0 fully saturated rings. The number of nitrogens with one attached hydrogen (secondary N) is 2. The molecule has 0 spiro atoms. The third kappa shape index (κ3) is 8.40. The average Bonchev–Trinajstić information content (AvgIpc) is 3.26. The number of hydrogen-bond acceptors (Lipinski definition) is 7. The summed E-state index contributed by atoms with van der Waals surface area (Å²) >= 11 is 0. The molecule has 0 radical (unpaired) electrons. The van der Waals surface area contributed by atoms with Crippen LogP contribution in [0.25, 0.3) is 44.3 Å². The SMILES string of the molecule is COc1ccc2c(NC(=O)OCc3ccccc3)cc(-c3ccccc3)nc2c1.c1ccc(CNc2cc3nc4cc(ccc24)OCc2ccc-3cc2)cc1. The van der Waals surface area contributed by atoms with E-state index in [9.17, 15) is 4.79 Å². The number of rotatable bonds is 8. The van der Waals surface area contributed by atoms with Crippen molar-refractivity contribution < 1.29 is 19.0 Å². The fourth-order valence-corrected chi connectivity index (χ4v) is 6.39. The van der Waals surface area contributed by atoms with Crippen LogP contribution in [0, 0.1) is 0 Å². The summed E-state index contributed by atoms with van der Waals surface area (Å²) in [6.45, 7) is 1.55. The third-order valence-corrected chi connectivity index (χ3v) is 9.30. The predicted octanol–water partition coefficient (Wildman–Crippen LogP) is 11.1. The Labute approximate surface area is 319 Å². The van der Waals surface area contributed by atoms with Gasteiger partial charge in [-0.05, 0) is 53.1 Å². The van der Waals surface area contributed by atoms with Crippen LogP contribution in [0.5, 0.6) is 11.5 Å². The highest BCUT2D eigenvalue weighted by Gasteiger charge is 2.14.